The van der Waals surface area contributed by atoms with Gasteiger partial charge in [0.15, 0.2) is 0 Å². The van der Waals surface area contributed by atoms with E-state index in [0.29, 0.717) is 36.2 Å². The Morgan fingerprint density at radius 2 is 1.87 bits per heavy atom. The van der Waals surface area contributed by atoms with Crippen LogP contribution < -0.4 is 10.9 Å². The second-order valence-corrected chi connectivity index (χ2v) is 8.74. The number of nitrogens with one attached hydrogen (secondary N) is 1. The van der Waals surface area contributed by atoms with Crippen molar-refractivity contribution in [2.24, 2.45) is 0 Å². The predicted octanol–water partition coefficient (Wildman–Crippen LogP) is 3.77. The molecule has 0 radical (unpaired) electrons. The number of likely N-dealkylation sites (N-methyl/N-ethyl adjacent to an activating group) is 1. The first kappa shape index (κ1) is 23.3. The number of hydrogen-bond acceptors (Lipinski definition) is 4. The molecule has 1 aromatic heterocycles. The SMILES string of the molecule is CCC(c1nc2ccccc2c(=O)n1CC)N(CCN(C)C)C(=O)NC1CCCCC1. The van der Waals surface area contributed by atoms with E-state index in [9.17, 15) is 9.59 Å². The van der Waals surface area contributed by atoms with Gasteiger partial charge in [-0.05, 0) is 52.4 Å². The fourth-order valence-corrected chi connectivity index (χ4v) is 4.50. The van der Waals surface area contributed by atoms with Gasteiger partial charge in [-0.1, -0.05) is 38.3 Å². The summed E-state index contributed by atoms with van der Waals surface area (Å²) in [7, 11) is 4.02. The van der Waals surface area contributed by atoms with E-state index >= 15 is 0 Å². The summed E-state index contributed by atoms with van der Waals surface area (Å²) in [5.74, 6) is 0.672. The summed E-state index contributed by atoms with van der Waals surface area (Å²) in [4.78, 5) is 35.4. The molecule has 1 aliphatic carbocycles. The fraction of sp³-hybridized carbons (Fsp3) is 0.625. The number of fused-ring (bicyclic) bond motifs is 1. The number of nitrogens with zero attached hydrogens (tertiary/aromatic N) is 4. The lowest BCUT2D eigenvalue weighted by Gasteiger charge is -2.35. The molecule has 0 spiro atoms. The summed E-state index contributed by atoms with van der Waals surface area (Å²) in [6, 6.07) is 7.38. The average Bonchev–Trinajstić information content (AvgIpc) is 2.77. The van der Waals surface area contributed by atoms with Crippen molar-refractivity contribution in [1.29, 1.82) is 0 Å². The molecule has 1 unspecified atom stereocenters. The number of amides is 2. The van der Waals surface area contributed by atoms with E-state index in [1.54, 1.807) is 4.57 Å². The smallest absolute Gasteiger partial charge is 0.318 e. The Morgan fingerprint density at radius 3 is 2.52 bits per heavy atom. The van der Waals surface area contributed by atoms with Crippen LogP contribution in [0.4, 0.5) is 4.79 Å². The van der Waals surface area contributed by atoms with E-state index in [0.717, 1.165) is 19.4 Å². The van der Waals surface area contributed by atoms with Gasteiger partial charge < -0.3 is 15.1 Å². The Morgan fingerprint density at radius 1 is 1.16 bits per heavy atom. The van der Waals surface area contributed by atoms with E-state index in [4.69, 9.17) is 4.98 Å². The van der Waals surface area contributed by atoms with Crippen molar-refractivity contribution in [3.63, 3.8) is 0 Å². The molecule has 0 bridgehead atoms. The maximum atomic E-state index is 13.4. The van der Waals surface area contributed by atoms with Crippen LogP contribution in [-0.2, 0) is 6.54 Å². The van der Waals surface area contributed by atoms with Crippen LogP contribution in [0.5, 0.6) is 0 Å². The molecule has 31 heavy (non-hydrogen) atoms. The third-order valence-corrected chi connectivity index (χ3v) is 6.25. The van der Waals surface area contributed by atoms with Gasteiger partial charge in [-0.15, -0.1) is 0 Å². The number of hydrogen-bond donors (Lipinski definition) is 1. The van der Waals surface area contributed by atoms with Crippen LogP contribution in [0.25, 0.3) is 10.9 Å². The molecule has 1 aliphatic rings. The van der Waals surface area contributed by atoms with Crippen molar-refractivity contribution < 1.29 is 4.79 Å². The van der Waals surface area contributed by atoms with Crippen LogP contribution in [0.2, 0.25) is 0 Å². The standard InChI is InChI=1S/C24H37N5O2/c1-5-21(22-26-20-15-11-10-14-19(20)23(30)28(22)6-2)29(17-16-27(3)4)24(31)25-18-12-8-7-9-13-18/h10-11,14-15,18,21H,5-9,12-13,16-17H2,1-4H3,(H,25,31). The van der Waals surface area contributed by atoms with Gasteiger partial charge in [-0.25, -0.2) is 9.78 Å². The Hall–Kier alpha value is -2.41. The van der Waals surface area contributed by atoms with E-state index in [1.165, 1.54) is 19.3 Å². The van der Waals surface area contributed by atoms with Crippen molar-refractivity contribution in [1.82, 2.24) is 24.7 Å². The number of rotatable bonds is 8. The van der Waals surface area contributed by atoms with Crippen LogP contribution in [0.1, 0.15) is 64.2 Å². The highest BCUT2D eigenvalue weighted by molar-refractivity contribution is 5.78. The highest BCUT2D eigenvalue weighted by Gasteiger charge is 2.29. The predicted molar refractivity (Wildman–Crippen MR) is 125 cm³/mol. The Kier molecular flexibility index (Phi) is 8.07. The first-order chi connectivity index (χ1) is 15.0. The van der Waals surface area contributed by atoms with Gasteiger partial charge in [0.2, 0.25) is 0 Å². The molecule has 1 N–H and O–H groups in total. The Bertz CT molecular complexity index is 933. The normalized spacial score (nSPS) is 15.9. The minimum atomic E-state index is -0.263. The number of carbonyl (C=O) groups is 1. The zero-order chi connectivity index (χ0) is 22.4. The minimum absolute atomic E-state index is 0.0400. The van der Waals surface area contributed by atoms with Gasteiger partial charge in [0.25, 0.3) is 5.56 Å². The lowest BCUT2D eigenvalue weighted by atomic mass is 9.96. The first-order valence-corrected chi connectivity index (χ1v) is 11.7. The van der Waals surface area contributed by atoms with E-state index in [2.05, 4.69) is 17.1 Å². The Balaban J connectivity index is 1.99. The molecule has 1 aromatic carbocycles. The van der Waals surface area contributed by atoms with Gasteiger partial charge in [0, 0.05) is 25.7 Å². The lowest BCUT2D eigenvalue weighted by molar-refractivity contribution is 0.153. The molecular weight excluding hydrogens is 390 g/mol. The molecule has 7 nitrogen and oxygen atoms in total. The zero-order valence-electron chi connectivity index (χ0n) is 19.4. The maximum Gasteiger partial charge on any atom is 0.318 e. The molecule has 0 aliphatic heterocycles. The van der Waals surface area contributed by atoms with E-state index in [1.807, 2.05) is 50.2 Å². The summed E-state index contributed by atoms with van der Waals surface area (Å²) in [6.07, 6.45) is 6.35. The summed E-state index contributed by atoms with van der Waals surface area (Å²) >= 11 is 0. The average molecular weight is 428 g/mol. The number of para-hydroxylation sites is 1. The molecule has 0 saturated heterocycles. The molecule has 7 heteroatoms. The topological polar surface area (TPSA) is 70.5 Å². The van der Waals surface area contributed by atoms with E-state index in [-0.39, 0.29) is 23.7 Å². The fourth-order valence-electron chi connectivity index (χ4n) is 4.50. The highest BCUT2D eigenvalue weighted by Crippen LogP contribution is 2.25. The molecular formula is C24H37N5O2. The van der Waals surface area contributed by atoms with Crippen LogP contribution >= 0.6 is 0 Å². The van der Waals surface area contributed by atoms with Crippen LogP contribution in [0, 0.1) is 0 Å². The highest BCUT2D eigenvalue weighted by atomic mass is 16.2. The lowest BCUT2D eigenvalue weighted by Crippen LogP contribution is -2.49. The van der Waals surface area contributed by atoms with Gasteiger partial charge in [0.1, 0.15) is 5.82 Å². The molecule has 1 atom stereocenters. The molecule has 1 fully saturated rings. The molecule has 3 rings (SSSR count). The second kappa shape index (κ2) is 10.8. The monoisotopic (exact) mass is 427 g/mol. The molecule has 1 heterocycles. The van der Waals surface area contributed by atoms with Crippen LogP contribution in [0.3, 0.4) is 0 Å². The third kappa shape index (κ3) is 5.45. The molecule has 1 saturated carbocycles. The summed E-state index contributed by atoms with van der Waals surface area (Å²) in [5.41, 5.74) is 0.646. The number of benzene rings is 1. The van der Waals surface area contributed by atoms with Crippen molar-refractivity contribution >= 4 is 16.9 Å². The van der Waals surface area contributed by atoms with Crippen molar-refractivity contribution in [2.75, 3.05) is 27.2 Å². The summed E-state index contributed by atoms with van der Waals surface area (Å²) in [6.45, 7) is 5.87. The zero-order valence-corrected chi connectivity index (χ0v) is 19.4. The van der Waals surface area contributed by atoms with Crippen LogP contribution in [-0.4, -0.2) is 58.6 Å². The van der Waals surface area contributed by atoms with Gasteiger partial charge in [0.05, 0.1) is 16.9 Å². The number of urea groups is 1. The maximum absolute atomic E-state index is 13.4. The van der Waals surface area contributed by atoms with Gasteiger partial charge in [-0.2, -0.15) is 0 Å². The van der Waals surface area contributed by atoms with E-state index < -0.39 is 0 Å². The largest absolute Gasteiger partial charge is 0.335 e. The summed E-state index contributed by atoms with van der Waals surface area (Å²) in [5, 5.41) is 3.89. The summed E-state index contributed by atoms with van der Waals surface area (Å²) < 4.78 is 1.73. The third-order valence-electron chi connectivity index (χ3n) is 6.25. The first-order valence-electron chi connectivity index (χ1n) is 11.7. The molecule has 170 valence electrons. The van der Waals surface area contributed by atoms with Crippen molar-refractivity contribution in [3.8, 4) is 0 Å². The molecule has 2 aromatic rings. The minimum Gasteiger partial charge on any atom is -0.335 e. The second-order valence-electron chi connectivity index (χ2n) is 8.74. The van der Waals surface area contributed by atoms with Crippen molar-refractivity contribution in [2.45, 2.75) is 71.0 Å². The Labute approximate surface area is 185 Å². The molecule has 2 amide bonds. The van der Waals surface area contributed by atoms with Crippen molar-refractivity contribution in [3.05, 3.63) is 40.4 Å². The number of carbonyl (C=O) groups excluding carboxylic acids is 1. The quantitative estimate of drug-likeness (QED) is 0.696. The van der Waals surface area contributed by atoms with Gasteiger partial charge in [-0.3, -0.25) is 9.36 Å². The van der Waals surface area contributed by atoms with Crippen LogP contribution in [0.15, 0.2) is 29.1 Å². The van der Waals surface area contributed by atoms with Gasteiger partial charge >= 0.3 is 6.03 Å². The number of aromatic nitrogens is 2.